The van der Waals surface area contributed by atoms with Gasteiger partial charge in [0, 0.05) is 35.8 Å². The molecule has 3 rings (SSSR count). The predicted octanol–water partition coefficient (Wildman–Crippen LogP) is 5.11. The van der Waals surface area contributed by atoms with Crippen molar-refractivity contribution in [3.05, 3.63) is 59.5 Å². The molecule has 0 bridgehead atoms. The van der Waals surface area contributed by atoms with E-state index in [9.17, 15) is 17.4 Å². The van der Waals surface area contributed by atoms with Crippen LogP contribution in [0.1, 0.15) is 23.4 Å². The molecule has 0 saturated carbocycles. The molecule has 3 aromatic heterocycles. The smallest absolute Gasteiger partial charge is 0.264 e. The molecule has 5 nitrogen and oxygen atoms in total. The second-order valence-electron chi connectivity index (χ2n) is 5.83. The first-order chi connectivity index (χ1) is 12.7. The Morgan fingerprint density at radius 2 is 2.00 bits per heavy atom. The number of nitrogens with zero attached hydrogens (tertiary/aromatic N) is 4. The van der Waals surface area contributed by atoms with E-state index in [4.69, 9.17) is 0 Å². The minimum Gasteiger partial charge on any atom is -0.264 e. The van der Waals surface area contributed by atoms with Gasteiger partial charge in [0.1, 0.15) is 5.69 Å². The molecule has 3 aromatic rings. The van der Waals surface area contributed by atoms with Gasteiger partial charge in [0.15, 0.2) is 0 Å². The van der Waals surface area contributed by atoms with Crippen LogP contribution in [0.25, 0.3) is 11.3 Å². The second kappa shape index (κ2) is 7.35. The van der Waals surface area contributed by atoms with Crippen LogP contribution in [-0.2, 0) is 15.9 Å². The van der Waals surface area contributed by atoms with Gasteiger partial charge in [-0.25, -0.2) is 9.19 Å². The summed E-state index contributed by atoms with van der Waals surface area (Å²) in [5, 5.41) is 1.52. The van der Waals surface area contributed by atoms with Crippen molar-refractivity contribution in [2.24, 2.45) is 4.36 Å². The van der Waals surface area contributed by atoms with Gasteiger partial charge in [0.2, 0.25) is 5.13 Å². The molecule has 0 aliphatic carbocycles. The number of halogens is 3. The summed E-state index contributed by atoms with van der Waals surface area (Å²) < 4.78 is 55.2. The van der Waals surface area contributed by atoms with Gasteiger partial charge in [-0.2, -0.15) is 17.5 Å². The van der Waals surface area contributed by atoms with E-state index in [1.165, 1.54) is 23.7 Å². The molecule has 0 amide bonds. The first kappa shape index (κ1) is 19.4. The third kappa shape index (κ3) is 4.51. The Morgan fingerprint density at radius 3 is 2.59 bits per heavy atom. The summed E-state index contributed by atoms with van der Waals surface area (Å²) >= 11 is 1.24. The lowest BCUT2D eigenvalue weighted by Crippen LogP contribution is -2.11. The Balaban J connectivity index is 1.87. The van der Waals surface area contributed by atoms with Crippen LogP contribution in [0.15, 0.2) is 52.6 Å². The quantitative estimate of drug-likeness (QED) is 0.597. The van der Waals surface area contributed by atoms with Crippen LogP contribution in [0.3, 0.4) is 0 Å². The normalized spacial score (nSPS) is 15.1. The number of aromatic nitrogens is 3. The second-order valence-corrected chi connectivity index (χ2v) is 9.27. The van der Waals surface area contributed by atoms with E-state index in [1.54, 1.807) is 30.8 Å². The van der Waals surface area contributed by atoms with Crippen LogP contribution in [0, 0.1) is 0 Å². The number of alkyl halides is 3. The number of hydrogen-bond donors (Lipinski definition) is 0. The minimum absolute atomic E-state index is 0.341. The van der Waals surface area contributed by atoms with E-state index in [2.05, 4.69) is 19.3 Å². The number of hydrogen-bond acceptors (Lipinski definition) is 6. The summed E-state index contributed by atoms with van der Waals surface area (Å²) in [5.74, 6) is 0. The van der Waals surface area contributed by atoms with E-state index >= 15 is 0 Å². The summed E-state index contributed by atoms with van der Waals surface area (Å²) in [5.41, 5.74) is 0.922. The highest BCUT2D eigenvalue weighted by Crippen LogP contribution is 2.32. The fourth-order valence-electron chi connectivity index (χ4n) is 2.25. The van der Waals surface area contributed by atoms with Crippen molar-refractivity contribution in [1.82, 2.24) is 15.0 Å². The van der Waals surface area contributed by atoms with Crippen molar-refractivity contribution < 1.29 is 17.4 Å². The average Bonchev–Trinajstić information content (AvgIpc) is 3.09. The maximum absolute atomic E-state index is 13.0. The van der Waals surface area contributed by atoms with Crippen molar-refractivity contribution in [2.45, 2.75) is 18.3 Å². The van der Waals surface area contributed by atoms with E-state index in [0.29, 0.717) is 16.4 Å². The Bertz CT molecular complexity index is 1040. The Labute approximate surface area is 158 Å². The molecule has 0 aliphatic heterocycles. The first-order valence-corrected chi connectivity index (χ1v) is 10.6. The summed E-state index contributed by atoms with van der Waals surface area (Å²) in [4.78, 5) is 11.8. The molecule has 2 atom stereocenters. The summed E-state index contributed by atoms with van der Waals surface area (Å²) in [6, 6.07) is 5.80. The molecule has 0 fully saturated rings. The monoisotopic (exact) mass is 412 g/mol. The Kier molecular flexibility index (Phi) is 5.29. The largest absolute Gasteiger partial charge is 0.433 e. The SMILES string of the molecule is CC(c1ccc(C(F)(F)F)nc1)S(C)(=O)=Nc1nc(-c2cccnc2)cs1. The van der Waals surface area contributed by atoms with Crippen molar-refractivity contribution in [3.63, 3.8) is 0 Å². The van der Waals surface area contributed by atoms with Gasteiger partial charge in [-0.1, -0.05) is 6.07 Å². The lowest BCUT2D eigenvalue weighted by molar-refractivity contribution is -0.141. The molecular formula is C17H15F3N4OS2. The number of thiazole rings is 1. The highest BCUT2D eigenvalue weighted by Gasteiger charge is 2.32. The molecule has 0 aliphatic rings. The summed E-state index contributed by atoms with van der Waals surface area (Å²) in [6.07, 6.45) is 1.36. The van der Waals surface area contributed by atoms with Crippen molar-refractivity contribution in [2.75, 3.05) is 6.26 Å². The fraction of sp³-hybridized carbons (Fsp3) is 0.235. The molecule has 2 unspecified atom stereocenters. The van der Waals surface area contributed by atoms with Crippen LogP contribution in [-0.4, -0.2) is 25.4 Å². The standard InChI is InChI=1S/C17H15F3N4OS2/c1-11(12-5-6-15(22-9-12)17(18,19)20)27(2,25)24-16-23-14(10-26-16)13-4-3-7-21-8-13/h3-11H,1-2H3. The topological polar surface area (TPSA) is 68.1 Å². The molecule has 0 saturated heterocycles. The van der Waals surface area contributed by atoms with Crippen LogP contribution < -0.4 is 0 Å². The molecule has 3 heterocycles. The maximum atomic E-state index is 13.0. The molecule has 142 valence electrons. The van der Waals surface area contributed by atoms with E-state index < -0.39 is 26.8 Å². The van der Waals surface area contributed by atoms with Crippen LogP contribution >= 0.6 is 11.3 Å². The summed E-state index contributed by atoms with van der Waals surface area (Å²) in [7, 11) is -2.80. The molecule has 0 radical (unpaired) electrons. The predicted molar refractivity (Wildman–Crippen MR) is 99.2 cm³/mol. The van der Waals surface area contributed by atoms with Crippen molar-refractivity contribution >= 4 is 26.2 Å². The molecule has 27 heavy (non-hydrogen) atoms. The van der Waals surface area contributed by atoms with Crippen molar-refractivity contribution in [1.29, 1.82) is 0 Å². The first-order valence-electron chi connectivity index (χ1n) is 7.77. The Hall–Kier alpha value is -2.33. The third-order valence-corrected chi connectivity index (χ3v) is 6.88. The van der Waals surface area contributed by atoms with E-state index in [-0.39, 0.29) is 0 Å². The van der Waals surface area contributed by atoms with Gasteiger partial charge in [-0.05, 0) is 30.7 Å². The Morgan fingerprint density at radius 1 is 1.22 bits per heavy atom. The van der Waals surface area contributed by atoms with Gasteiger partial charge < -0.3 is 0 Å². The average molecular weight is 412 g/mol. The molecule has 10 heteroatoms. The molecule has 0 spiro atoms. The molecule has 0 N–H and O–H groups in total. The zero-order valence-electron chi connectivity index (χ0n) is 14.3. The maximum Gasteiger partial charge on any atom is 0.433 e. The molecular weight excluding hydrogens is 397 g/mol. The zero-order valence-corrected chi connectivity index (χ0v) is 16.0. The van der Waals surface area contributed by atoms with Crippen molar-refractivity contribution in [3.8, 4) is 11.3 Å². The van der Waals surface area contributed by atoms with Gasteiger partial charge in [-0.15, -0.1) is 11.3 Å². The highest BCUT2D eigenvalue weighted by atomic mass is 32.2. The zero-order chi connectivity index (χ0) is 19.7. The lowest BCUT2D eigenvalue weighted by Gasteiger charge is -2.14. The van der Waals surface area contributed by atoms with Gasteiger partial charge in [0.05, 0.1) is 20.7 Å². The summed E-state index contributed by atoms with van der Waals surface area (Å²) in [6.45, 7) is 1.64. The minimum atomic E-state index is -4.51. The van der Waals surface area contributed by atoms with Crippen LogP contribution in [0.2, 0.25) is 0 Å². The van der Waals surface area contributed by atoms with E-state index in [1.807, 2.05) is 6.07 Å². The number of rotatable bonds is 4. The van der Waals surface area contributed by atoms with Crippen LogP contribution in [0.5, 0.6) is 0 Å². The highest BCUT2D eigenvalue weighted by molar-refractivity contribution is 7.93. The van der Waals surface area contributed by atoms with Gasteiger partial charge in [0.25, 0.3) is 0 Å². The molecule has 0 aromatic carbocycles. The number of pyridine rings is 2. The van der Waals surface area contributed by atoms with Gasteiger partial charge in [-0.3, -0.25) is 9.97 Å². The van der Waals surface area contributed by atoms with E-state index in [0.717, 1.165) is 17.8 Å². The van der Waals surface area contributed by atoms with Crippen LogP contribution in [0.4, 0.5) is 18.3 Å². The lowest BCUT2D eigenvalue weighted by atomic mass is 10.2. The third-order valence-electron chi connectivity index (χ3n) is 3.91. The van der Waals surface area contributed by atoms with Gasteiger partial charge >= 0.3 is 6.18 Å². The fourth-order valence-corrected chi connectivity index (χ4v) is 4.58.